The SMILES string of the molecule is Cc1nc(N)nc(N2CCSCC2)c1C#Cc1cccnc1. The van der Waals surface area contributed by atoms with Crippen molar-refractivity contribution < 1.29 is 0 Å². The van der Waals surface area contributed by atoms with E-state index in [1.165, 1.54) is 0 Å². The molecule has 3 rings (SSSR count). The van der Waals surface area contributed by atoms with Crippen LogP contribution in [0.1, 0.15) is 16.8 Å². The van der Waals surface area contributed by atoms with Crippen LogP contribution in [-0.2, 0) is 0 Å². The van der Waals surface area contributed by atoms with Crippen molar-refractivity contribution >= 4 is 23.5 Å². The van der Waals surface area contributed by atoms with E-state index in [1.54, 1.807) is 12.4 Å². The molecule has 0 spiro atoms. The first-order chi connectivity index (χ1) is 10.7. The summed E-state index contributed by atoms with van der Waals surface area (Å²) in [4.78, 5) is 15.0. The first kappa shape index (κ1) is 14.7. The number of aromatic nitrogens is 3. The summed E-state index contributed by atoms with van der Waals surface area (Å²) in [6, 6.07) is 3.81. The second-order valence-corrected chi connectivity index (χ2v) is 6.18. The number of aryl methyl sites for hydroxylation is 1. The van der Waals surface area contributed by atoms with Crippen LogP contribution in [0, 0.1) is 18.8 Å². The number of pyridine rings is 1. The Labute approximate surface area is 134 Å². The molecule has 1 aliphatic rings. The minimum absolute atomic E-state index is 0.303. The minimum atomic E-state index is 0.303. The maximum Gasteiger partial charge on any atom is 0.222 e. The van der Waals surface area contributed by atoms with Crippen LogP contribution in [0.3, 0.4) is 0 Å². The van der Waals surface area contributed by atoms with Gasteiger partial charge in [-0.15, -0.1) is 0 Å². The Morgan fingerprint density at radius 2 is 2.05 bits per heavy atom. The van der Waals surface area contributed by atoms with E-state index in [2.05, 4.69) is 31.7 Å². The van der Waals surface area contributed by atoms with Gasteiger partial charge in [0.25, 0.3) is 0 Å². The Bertz CT molecular complexity index is 715. The highest BCUT2D eigenvalue weighted by Crippen LogP contribution is 2.23. The van der Waals surface area contributed by atoms with Gasteiger partial charge in [0.05, 0.1) is 11.3 Å². The fraction of sp³-hybridized carbons (Fsp3) is 0.312. The lowest BCUT2D eigenvalue weighted by Crippen LogP contribution is -2.34. The van der Waals surface area contributed by atoms with Gasteiger partial charge in [-0.25, -0.2) is 4.98 Å². The molecule has 0 radical (unpaired) electrons. The molecule has 6 heteroatoms. The van der Waals surface area contributed by atoms with Crippen molar-refractivity contribution in [2.75, 3.05) is 35.2 Å². The van der Waals surface area contributed by atoms with Gasteiger partial charge >= 0.3 is 0 Å². The molecule has 2 N–H and O–H groups in total. The number of nitrogens with two attached hydrogens (primary N) is 1. The summed E-state index contributed by atoms with van der Waals surface area (Å²) in [6.45, 7) is 3.84. The third-order valence-electron chi connectivity index (χ3n) is 3.39. The summed E-state index contributed by atoms with van der Waals surface area (Å²) in [5.41, 5.74) is 8.37. The number of nitrogen functional groups attached to an aromatic ring is 1. The highest BCUT2D eigenvalue weighted by Gasteiger charge is 2.18. The molecule has 1 saturated heterocycles. The van der Waals surface area contributed by atoms with Gasteiger partial charge in [-0.1, -0.05) is 11.8 Å². The molecular formula is C16H17N5S. The number of hydrogen-bond donors (Lipinski definition) is 1. The molecule has 0 saturated carbocycles. The number of thioether (sulfide) groups is 1. The number of nitrogens with zero attached hydrogens (tertiary/aromatic N) is 4. The van der Waals surface area contributed by atoms with Gasteiger partial charge in [-0.3, -0.25) is 4.98 Å². The van der Waals surface area contributed by atoms with E-state index >= 15 is 0 Å². The van der Waals surface area contributed by atoms with Crippen LogP contribution in [0.2, 0.25) is 0 Å². The summed E-state index contributed by atoms with van der Waals surface area (Å²) in [7, 11) is 0. The lowest BCUT2D eigenvalue weighted by Gasteiger charge is -2.28. The van der Waals surface area contributed by atoms with Crippen molar-refractivity contribution in [2.24, 2.45) is 0 Å². The highest BCUT2D eigenvalue weighted by molar-refractivity contribution is 7.99. The van der Waals surface area contributed by atoms with Gasteiger partial charge in [-0.2, -0.15) is 16.7 Å². The average molecular weight is 311 g/mol. The van der Waals surface area contributed by atoms with E-state index in [1.807, 2.05) is 30.8 Å². The summed E-state index contributed by atoms with van der Waals surface area (Å²) < 4.78 is 0. The van der Waals surface area contributed by atoms with Crippen LogP contribution in [0.15, 0.2) is 24.5 Å². The molecule has 0 aromatic carbocycles. The van der Waals surface area contributed by atoms with Crippen molar-refractivity contribution in [1.29, 1.82) is 0 Å². The van der Waals surface area contributed by atoms with Crippen molar-refractivity contribution in [3.05, 3.63) is 41.3 Å². The molecule has 2 aromatic heterocycles. The first-order valence-corrected chi connectivity index (χ1v) is 8.28. The fourth-order valence-electron chi connectivity index (χ4n) is 2.30. The molecule has 0 unspecified atom stereocenters. The van der Waals surface area contributed by atoms with Crippen LogP contribution in [0.5, 0.6) is 0 Å². The van der Waals surface area contributed by atoms with Crippen LogP contribution >= 0.6 is 11.8 Å². The van der Waals surface area contributed by atoms with Crippen LogP contribution < -0.4 is 10.6 Å². The van der Waals surface area contributed by atoms with Crippen LogP contribution in [0.4, 0.5) is 11.8 Å². The van der Waals surface area contributed by atoms with Crippen molar-refractivity contribution in [1.82, 2.24) is 15.0 Å². The lowest BCUT2D eigenvalue weighted by molar-refractivity contribution is 0.832. The standard InChI is InChI=1S/C16H17N5S/c1-12-14(5-4-13-3-2-6-18-11-13)15(20-16(17)19-12)21-7-9-22-10-8-21/h2-3,6,11H,7-10H2,1H3,(H2,17,19,20). The quantitative estimate of drug-likeness (QED) is 0.809. The Hall–Kier alpha value is -2.26. The lowest BCUT2D eigenvalue weighted by atomic mass is 10.2. The van der Waals surface area contributed by atoms with E-state index in [9.17, 15) is 0 Å². The largest absolute Gasteiger partial charge is 0.368 e. The summed E-state index contributed by atoms with van der Waals surface area (Å²) >= 11 is 1.96. The minimum Gasteiger partial charge on any atom is -0.368 e. The molecule has 1 aliphatic heterocycles. The van der Waals surface area contributed by atoms with E-state index in [-0.39, 0.29) is 0 Å². The van der Waals surface area contributed by atoms with E-state index < -0.39 is 0 Å². The highest BCUT2D eigenvalue weighted by atomic mass is 32.2. The van der Waals surface area contributed by atoms with Gasteiger partial charge in [-0.05, 0) is 19.1 Å². The number of hydrogen-bond acceptors (Lipinski definition) is 6. The van der Waals surface area contributed by atoms with Crippen molar-refractivity contribution in [3.63, 3.8) is 0 Å². The first-order valence-electron chi connectivity index (χ1n) is 7.13. The maximum atomic E-state index is 5.83. The Morgan fingerprint density at radius 1 is 1.23 bits per heavy atom. The van der Waals surface area contributed by atoms with E-state index in [0.717, 1.165) is 47.2 Å². The molecule has 3 heterocycles. The zero-order valence-corrected chi connectivity index (χ0v) is 13.2. The monoisotopic (exact) mass is 311 g/mol. The Balaban J connectivity index is 2.01. The molecule has 0 aliphatic carbocycles. The predicted molar refractivity (Wildman–Crippen MR) is 90.9 cm³/mol. The van der Waals surface area contributed by atoms with Gasteiger partial charge in [0, 0.05) is 42.6 Å². The van der Waals surface area contributed by atoms with Crippen molar-refractivity contribution in [3.8, 4) is 11.8 Å². The second kappa shape index (κ2) is 6.67. The molecule has 0 atom stereocenters. The van der Waals surface area contributed by atoms with Gasteiger partial charge < -0.3 is 10.6 Å². The zero-order valence-electron chi connectivity index (χ0n) is 12.4. The predicted octanol–water partition coefficient (Wildman–Crippen LogP) is 1.72. The Kier molecular flexibility index (Phi) is 4.45. The fourth-order valence-corrected chi connectivity index (χ4v) is 3.20. The molecule has 112 valence electrons. The summed E-state index contributed by atoms with van der Waals surface area (Å²) in [6.07, 6.45) is 3.48. The average Bonchev–Trinajstić information content (AvgIpc) is 2.55. The smallest absolute Gasteiger partial charge is 0.222 e. The molecule has 22 heavy (non-hydrogen) atoms. The van der Waals surface area contributed by atoms with Crippen molar-refractivity contribution in [2.45, 2.75) is 6.92 Å². The van der Waals surface area contributed by atoms with Gasteiger partial charge in [0.1, 0.15) is 5.82 Å². The Morgan fingerprint density at radius 3 is 2.77 bits per heavy atom. The molecule has 5 nitrogen and oxygen atoms in total. The molecule has 0 amide bonds. The normalized spacial score (nSPS) is 14.3. The van der Waals surface area contributed by atoms with Gasteiger partial charge in [0.2, 0.25) is 5.95 Å². The molecule has 1 fully saturated rings. The third-order valence-corrected chi connectivity index (χ3v) is 4.33. The molecular weight excluding hydrogens is 294 g/mol. The van der Waals surface area contributed by atoms with Crippen LogP contribution in [0.25, 0.3) is 0 Å². The van der Waals surface area contributed by atoms with Crippen LogP contribution in [-0.4, -0.2) is 39.5 Å². The number of rotatable bonds is 1. The molecule has 0 bridgehead atoms. The molecule has 2 aromatic rings. The topological polar surface area (TPSA) is 67.9 Å². The number of anilines is 2. The summed E-state index contributed by atoms with van der Waals surface area (Å²) in [5.74, 6) is 9.68. The third kappa shape index (κ3) is 3.31. The van der Waals surface area contributed by atoms with Gasteiger partial charge in [0.15, 0.2) is 0 Å². The van der Waals surface area contributed by atoms with E-state index in [4.69, 9.17) is 5.73 Å². The summed E-state index contributed by atoms with van der Waals surface area (Å²) in [5, 5.41) is 0. The van der Waals surface area contributed by atoms with E-state index in [0.29, 0.717) is 5.95 Å². The second-order valence-electron chi connectivity index (χ2n) is 4.96. The maximum absolute atomic E-state index is 5.83. The zero-order chi connectivity index (χ0) is 15.4.